The number of nitrogens with two attached hydrogens (primary N) is 1. The lowest BCUT2D eigenvalue weighted by Crippen LogP contribution is -2.10. The van der Waals surface area contributed by atoms with E-state index in [0.29, 0.717) is 5.39 Å². The first-order chi connectivity index (χ1) is 6.09. The van der Waals surface area contributed by atoms with Crippen molar-refractivity contribution in [3.8, 4) is 0 Å². The highest BCUT2D eigenvalue weighted by Crippen LogP contribution is 2.28. The van der Waals surface area contributed by atoms with Crippen molar-refractivity contribution < 1.29 is 8.42 Å². The summed E-state index contributed by atoms with van der Waals surface area (Å²) in [7, 11) is -3.57. The van der Waals surface area contributed by atoms with Crippen LogP contribution in [-0.2, 0) is 10.0 Å². The fourth-order valence-electron chi connectivity index (χ4n) is 1.19. The Hall–Kier alpha value is -0.910. The summed E-state index contributed by atoms with van der Waals surface area (Å²) >= 11 is 1.16. The molecule has 0 fully saturated rings. The third kappa shape index (κ3) is 1.46. The first-order valence-electron chi connectivity index (χ1n) is 3.58. The van der Waals surface area contributed by atoms with Crippen LogP contribution in [0.5, 0.6) is 0 Å². The molecule has 3 nitrogen and oxygen atoms in total. The lowest BCUT2D eigenvalue weighted by Gasteiger charge is -1.93. The van der Waals surface area contributed by atoms with Gasteiger partial charge < -0.3 is 0 Å². The molecule has 2 aromatic rings. The maximum absolute atomic E-state index is 11.1. The Kier molecular flexibility index (Phi) is 1.87. The topological polar surface area (TPSA) is 60.2 Å². The smallest absolute Gasteiger partial charge is 0.224 e. The zero-order chi connectivity index (χ0) is 9.47. The summed E-state index contributed by atoms with van der Waals surface area (Å²) in [6.07, 6.45) is 0. The molecule has 2 rings (SSSR count). The molecule has 1 aromatic heterocycles. The van der Waals surface area contributed by atoms with E-state index in [9.17, 15) is 8.42 Å². The second-order valence-corrected chi connectivity index (χ2v) is 5.29. The molecular formula is C8H7NO2S2. The predicted molar refractivity (Wildman–Crippen MR) is 53.2 cm³/mol. The number of rotatable bonds is 1. The van der Waals surface area contributed by atoms with Crippen LogP contribution in [-0.4, -0.2) is 8.42 Å². The summed E-state index contributed by atoms with van der Waals surface area (Å²) in [5.74, 6) is 0. The molecule has 0 spiro atoms. The van der Waals surface area contributed by atoms with Crippen molar-refractivity contribution >= 4 is 32.1 Å². The summed E-state index contributed by atoms with van der Waals surface area (Å²) in [5.41, 5.74) is 0. The minimum absolute atomic E-state index is 0.239. The van der Waals surface area contributed by atoms with E-state index >= 15 is 0 Å². The van der Waals surface area contributed by atoms with Gasteiger partial charge in [0.05, 0.1) is 0 Å². The quantitative estimate of drug-likeness (QED) is 0.781. The molecule has 0 radical (unpaired) electrons. The number of fused-ring (bicyclic) bond motifs is 1. The molecule has 0 atom stereocenters. The van der Waals surface area contributed by atoms with E-state index in [2.05, 4.69) is 0 Å². The first-order valence-corrected chi connectivity index (χ1v) is 6.00. The highest BCUT2D eigenvalue weighted by atomic mass is 32.2. The summed E-state index contributed by atoms with van der Waals surface area (Å²) in [6, 6.07) is 7.28. The minimum Gasteiger partial charge on any atom is -0.224 e. The average Bonchev–Trinajstić information content (AvgIpc) is 2.45. The van der Waals surface area contributed by atoms with Gasteiger partial charge in [0, 0.05) is 5.39 Å². The molecule has 0 saturated heterocycles. The zero-order valence-corrected chi connectivity index (χ0v) is 8.23. The van der Waals surface area contributed by atoms with Crippen LogP contribution >= 0.6 is 11.3 Å². The van der Waals surface area contributed by atoms with Crippen LogP contribution in [0.2, 0.25) is 0 Å². The van der Waals surface area contributed by atoms with Gasteiger partial charge in [-0.15, -0.1) is 11.3 Å². The zero-order valence-electron chi connectivity index (χ0n) is 6.60. The Labute approximate surface area is 79.9 Å². The van der Waals surface area contributed by atoms with Crippen LogP contribution in [0, 0.1) is 0 Å². The Balaban J connectivity index is 2.87. The van der Waals surface area contributed by atoms with E-state index < -0.39 is 10.0 Å². The van der Waals surface area contributed by atoms with Crippen LogP contribution in [0.3, 0.4) is 0 Å². The van der Waals surface area contributed by atoms with E-state index in [4.69, 9.17) is 5.14 Å². The Morgan fingerprint density at radius 3 is 2.62 bits per heavy atom. The van der Waals surface area contributed by atoms with Crippen molar-refractivity contribution in [1.29, 1.82) is 0 Å². The second kappa shape index (κ2) is 2.80. The summed E-state index contributed by atoms with van der Waals surface area (Å²) in [6.45, 7) is 0. The van der Waals surface area contributed by atoms with Crippen LogP contribution in [0.1, 0.15) is 0 Å². The Morgan fingerprint density at radius 1 is 1.23 bits per heavy atom. The van der Waals surface area contributed by atoms with Gasteiger partial charge in [0.1, 0.15) is 4.21 Å². The molecular weight excluding hydrogens is 206 g/mol. The number of primary sulfonamides is 1. The van der Waals surface area contributed by atoms with E-state index in [1.54, 1.807) is 17.5 Å². The van der Waals surface area contributed by atoms with E-state index in [-0.39, 0.29) is 4.21 Å². The molecule has 0 amide bonds. The third-order valence-corrected chi connectivity index (χ3v) is 4.26. The lowest BCUT2D eigenvalue weighted by molar-refractivity contribution is 0.600. The molecule has 13 heavy (non-hydrogen) atoms. The van der Waals surface area contributed by atoms with Crippen LogP contribution in [0.4, 0.5) is 0 Å². The van der Waals surface area contributed by atoms with Gasteiger partial charge in [0.25, 0.3) is 0 Å². The molecule has 1 aromatic carbocycles. The van der Waals surface area contributed by atoms with Gasteiger partial charge in [-0.3, -0.25) is 0 Å². The molecule has 0 aliphatic heterocycles. The second-order valence-electron chi connectivity index (χ2n) is 2.66. The lowest BCUT2D eigenvalue weighted by atomic mass is 10.2. The maximum Gasteiger partial charge on any atom is 0.248 e. The maximum atomic E-state index is 11.1. The molecule has 0 bridgehead atoms. The van der Waals surface area contributed by atoms with Crippen LogP contribution in [0.15, 0.2) is 33.9 Å². The van der Waals surface area contributed by atoms with Gasteiger partial charge in [-0.2, -0.15) is 0 Å². The third-order valence-electron chi connectivity index (χ3n) is 1.73. The molecule has 5 heteroatoms. The van der Waals surface area contributed by atoms with Gasteiger partial charge in [-0.1, -0.05) is 24.3 Å². The van der Waals surface area contributed by atoms with Gasteiger partial charge in [0.15, 0.2) is 0 Å². The SMILES string of the molecule is NS(=O)(=O)c1scc2ccccc12. The number of hydrogen-bond donors (Lipinski definition) is 1. The Bertz CT molecular complexity index is 542. The Morgan fingerprint density at radius 2 is 1.92 bits per heavy atom. The molecule has 0 aliphatic carbocycles. The first kappa shape index (κ1) is 8.68. The molecule has 68 valence electrons. The number of thiophene rings is 1. The number of sulfonamides is 1. The van der Waals surface area contributed by atoms with Crippen LogP contribution in [0.25, 0.3) is 10.8 Å². The van der Waals surface area contributed by atoms with Gasteiger partial charge >= 0.3 is 0 Å². The number of hydrogen-bond acceptors (Lipinski definition) is 3. The van der Waals surface area contributed by atoms with Crippen molar-refractivity contribution in [2.75, 3.05) is 0 Å². The normalized spacial score (nSPS) is 12.1. The molecule has 2 N–H and O–H groups in total. The van der Waals surface area contributed by atoms with Crippen LogP contribution < -0.4 is 5.14 Å². The minimum atomic E-state index is -3.57. The highest BCUT2D eigenvalue weighted by molar-refractivity contribution is 7.91. The van der Waals surface area contributed by atoms with E-state index in [1.165, 1.54) is 0 Å². The van der Waals surface area contributed by atoms with Gasteiger partial charge in [0.2, 0.25) is 10.0 Å². The highest BCUT2D eigenvalue weighted by Gasteiger charge is 2.13. The largest absolute Gasteiger partial charge is 0.248 e. The van der Waals surface area contributed by atoms with Crippen molar-refractivity contribution in [3.05, 3.63) is 29.6 Å². The van der Waals surface area contributed by atoms with Gasteiger partial charge in [-0.05, 0) is 10.8 Å². The number of benzene rings is 1. The molecule has 0 unspecified atom stereocenters. The summed E-state index contributed by atoms with van der Waals surface area (Å²) in [5, 5.41) is 8.45. The van der Waals surface area contributed by atoms with Gasteiger partial charge in [-0.25, -0.2) is 13.6 Å². The molecule has 1 heterocycles. The molecule has 0 saturated carbocycles. The predicted octanol–water partition coefficient (Wildman–Crippen LogP) is 1.55. The van der Waals surface area contributed by atoms with Crippen molar-refractivity contribution in [1.82, 2.24) is 0 Å². The van der Waals surface area contributed by atoms with E-state index in [0.717, 1.165) is 16.7 Å². The van der Waals surface area contributed by atoms with Crippen molar-refractivity contribution in [3.63, 3.8) is 0 Å². The fourth-order valence-corrected chi connectivity index (χ4v) is 3.11. The molecule has 0 aliphatic rings. The van der Waals surface area contributed by atoms with Crippen molar-refractivity contribution in [2.45, 2.75) is 4.21 Å². The summed E-state index contributed by atoms with van der Waals surface area (Å²) in [4.78, 5) is 0. The summed E-state index contributed by atoms with van der Waals surface area (Å²) < 4.78 is 22.4. The van der Waals surface area contributed by atoms with E-state index in [1.807, 2.05) is 12.1 Å². The van der Waals surface area contributed by atoms with Crippen molar-refractivity contribution in [2.24, 2.45) is 5.14 Å². The fraction of sp³-hybridized carbons (Fsp3) is 0. The standard InChI is InChI=1S/C8H7NO2S2/c9-13(10,11)8-7-4-2-1-3-6(7)5-12-8/h1-5H,(H2,9,10,11). The monoisotopic (exact) mass is 213 g/mol. The average molecular weight is 213 g/mol.